The third-order valence-electron chi connectivity index (χ3n) is 8.96. The lowest BCUT2D eigenvalue weighted by Gasteiger charge is -2.15. The average molecular weight is 569 g/mol. The van der Waals surface area contributed by atoms with Gasteiger partial charge in [-0.25, -0.2) is 19.9 Å². The van der Waals surface area contributed by atoms with E-state index in [9.17, 15) is 0 Å². The van der Waals surface area contributed by atoms with Crippen LogP contribution in [0.4, 0.5) is 0 Å². The van der Waals surface area contributed by atoms with Gasteiger partial charge in [-0.3, -0.25) is 9.13 Å². The summed E-state index contributed by atoms with van der Waals surface area (Å²) in [6.07, 6.45) is 12.2. The number of nitrogens with zero attached hydrogens (tertiary/aromatic N) is 6. The third kappa shape index (κ3) is 3.81. The number of fused-ring (bicyclic) bond motifs is 7. The van der Waals surface area contributed by atoms with E-state index in [1.54, 1.807) is 0 Å². The molecule has 0 atom stereocenters. The molecule has 0 bridgehead atoms. The maximum absolute atomic E-state index is 4.97. The zero-order valence-corrected chi connectivity index (χ0v) is 24.1. The Morgan fingerprint density at radius 3 is 1.68 bits per heavy atom. The molecule has 0 N–H and O–H groups in total. The summed E-state index contributed by atoms with van der Waals surface area (Å²) in [5.41, 5.74) is 10.3. The second kappa shape index (κ2) is 9.99. The molecule has 0 saturated carbocycles. The normalized spacial score (nSPS) is 13.1. The van der Waals surface area contributed by atoms with Crippen LogP contribution in [-0.2, 0) is 12.8 Å². The third-order valence-corrected chi connectivity index (χ3v) is 8.96. The SMILES string of the molecule is c1ccc(-c2cnc(-n3c4c(c5ccc6c(c7ccccc7n6-c6ncc(-c7ccccc7)cn6)c53)CCCC4)nc2)cc1. The molecule has 44 heavy (non-hydrogen) atoms. The highest BCUT2D eigenvalue weighted by Gasteiger charge is 2.26. The number of rotatable bonds is 4. The molecule has 210 valence electrons. The van der Waals surface area contributed by atoms with Gasteiger partial charge in [-0.2, -0.15) is 0 Å². The maximum Gasteiger partial charge on any atom is 0.234 e. The number of hydrogen-bond donors (Lipinski definition) is 0. The van der Waals surface area contributed by atoms with Crippen molar-refractivity contribution in [3.8, 4) is 34.2 Å². The summed E-state index contributed by atoms with van der Waals surface area (Å²) >= 11 is 0. The van der Waals surface area contributed by atoms with E-state index in [2.05, 4.69) is 69.8 Å². The minimum Gasteiger partial charge on any atom is -0.281 e. The first-order valence-electron chi connectivity index (χ1n) is 15.2. The number of benzene rings is 4. The molecule has 4 aromatic carbocycles. The van der Waals surface area contributed by atoms with Crippen LogP contribution < -0.4 is 0 Å². The second-order valence-corrected chi connectivity index (χ2v) is 11.5. The molecule has 1 aliphatic carbocycles. The van der Waals surface area contributed by atoms with Gasteiger partial charge in [-0.1, -0.05) is 84.9 Å². The van der Waals surface area contributed by atoms with Gasteiger partial charge in [-0.15, -0.1) is 0 Å². The Morgan fingerprint density at radius 1 is 0.455 bits per heavy atom. The van der Waals surface area contributed by atoms with Crippen molar-refractivity contribution in [3.63, 3.8) is 0 Å². The predicted octanol–water partition coefficient (Wildman–Crippen LogP) is 8.52. The van der Waals surface area contributed by atoms with Crippen molar-refractivity contribution in [2.24, 2.45) is 0 Å². The summed E-state index contributed by atoms with van der Waals surface area (Å²) in [5.74, 6) is 1.37. The molecule has 0 fully saturated rings. The fourth-order valence-electron chi connectivity index (χ4n) is 6.95. The van der Waals surface area contributed by atoms with Crippen LogP contribution in [0.5, 0.6) is 0 Å². The number of hydrogen-bond acceptors (Lipinski definition) is 4. The zero-order chi connectivity index (χ0) is 29.0. The van der Waals surface area contributed by atoms with Gasteiger partial charge in [0, 0.05) is 57.8 Å². The van der Waals surface area contributed by atoms with Gasteiger partial charge in [0.05, 0.1) is 16.6 Å². The standard InChI is InChI=1S/C38H28N6/c1-3-11-25(12-4-1)27-21-39-37(40-22-27)43-33-18-10-8-16-31(33)35-34(43)20-19-30-29-15-7-9-17-32(29)44(36(30)35)38-41-23-28(24-42-38)26-13-5-2-6-14-26/h1-6,8,10-14,16,18-24H,7,9,15,17H2. The van der Waals surface area contributed by atoms with E-state index in [1.165, 1.54) is 33.8 Å². The highest BCUT2D eigenvalue weighted by atomic mass is 15.2. The number of para-hydroxylation sites is 1. The van der Waals surface area contributed by atoms with Gasteiger partial charge in [0.2, 0.25) is 11.9 Å². The van der Waals surface area contributed by atoms with Crippen molar-refractivity contribution in [2.45, 2.75) is 25.7 Å². The van der Waals surface area contributed by atoms with E-state index < -0.39 is 0 Å². The van der Waals surface area contributed by atoms with Crippen LogP contribution in [0.1, 0.15) is 24.1 Å². The lowest BCUT2D eigenvalue weighted by atomic mass is 9.95. The molecule has 0 aliphatic heterocycles. The fraction of sp³-hybridized carbons (Fsp3) is 0.105. The van der Waals surface area contributed by atoms with E-state index >= 15 is 0 Å². The molecule has 6 nitrogen and oxygen atoms in total. The molecule has 6 heteroatoms. The van der Waals surface area contributed by atoms with Gasteiger partial charge in [-0.05, 0) is 54.5 Å². The van der Waals surface area contributed by atoms with E-state index in [0.717, 1.165) is 58.1 Å². The van der Waals surface area contributed by atoms with Crippen molar-refractivity contribution in [1.29, 1.82) is 0 Å². The predicted molar refractivity (Wildman–Crippen MR) is 176 cm³/mol. The fourth-order valence-corrected chi connectivity index (χ4v) is 6.95. The summed E-state index contributed by atoms with van der Waals surface area (Å²) < 4.78 is 4.52. The summed E-state index contributed by atoms with van der Waals surface area (Å²) in [5, 5.41) is 3.63. The summed E-state index contributed by atoms with van der Waals surface area (Å²) in [6.45, 7) is 0. The molecule has 1 aliphatic rings. The van der Waals surface area contributed by atoms with E-state index in [0.29, 0.717) is 11.9 Å². The number of aryl methyl sites for hydroxylation is 1. The van der Waals surface area contributed by atoms with Gasteiger partial charge in [0.25, 0.3) is 0 Å². The molecule has 4 heterocycles. The largest absolute Gasteiger partial charge is 0.281 e. The Kier molecular flexibility index (Phi) is 5.66. The van der Waals surface area contributed by atoms with E-state index in [4.69, 9.17) is 19.9 Å². The van der Waals surface area contributed by atoms with Gasteiger partial charge in [0.1, 0.15) is 0 Å². The quantitative estimate of drug-likeness (QED) is 0.214. The van der Waals surface area contributed by atoms with Crippen molar-refractivity contribution in [1.82, 2.24) is 29.1 Å². The van der Waals surface area contributed by atoms with Crippen molar-refractivity contribution < 1.29 is 0 Å². The molecule has 0 unspecified atom stereocenters. The molecule has 0 amide bonds. The van der Waals surface area contributed by atoms with Crippen molar-refractivity contribution in [2.75, 3.05) is 0 Å². The minimum absolute atomic E-state index is 0.654. The first kappa shape index (κ1) is 24.9. The van der Waals surface area contributed by atoms with Crippen LogP contribution in [0.25, 0.3) is 66.9 Å². The Hall–Kier alpha value is -5.62. The topological polar surface area (TPSA) is 61.4 Å². The molecular weight excluding hydrogens is 540 g/mol. The monoisotopic (exact) mass is 568 g/mol. The minimum atomic E-state index is 0.654. The lowest BCUT2D eigenvalue weighted by Crippen LogP contribution is -2.09. The Morgan fingerprint density at radius 2 is 1.02 bits per heavy atom. The lowest BCUT2D eigenvalue weighted by molar-refractivity contribution is 0.662. The molecule has 0 radical (unpaired) electrons. The van der Waals surface area contributed by atoms with Crippen LogP contribution in [0, 0.1) is 0 Å². The molecule has 9 rings (SSSR count). The second-order valence-electron chi connectivity index (χ2n) is 11.5. The van der Waals surface area contributed by atoms with E-state index in [1.807, 2.05) is 61.2 Å². The molecule has 4 aromatic heterocycles. The van der Waals surface area contributed by atoms with Crippen LogP contribution in [0.2, 0.25) is 0 Å². The van der Waals surface area contributed by atoms with Crippen LogP contribution in [-0.4, -0.2) is 29.1 Å². The molecular formula is C38H28N6. The first-order chi connectivity index (χ1) is 21.8. The number of aromatic nitrogens is 6. The van der Waals surface area contributed by atoms with Gasteiger partial charge in [0.15, 0.2) is 0 Å². The van der Waals surface area contributed by atoms with Crippen molar-refractivity contribution in [3.05, 3.63) is 133 Å². The van der Waals surface area contributed by atoms with Gasteiger partial charge < -0.3 is 0 Å². The summed E-state index contributed by atoms with van der Waals surface area (Å²) in [4.78, 5) is 19.7. The Labute approximate surface area is 254 Å². The molecule has 8 aromatic rings. The Balaban J connectivity index is 1.30. The maximum atomic E-state index is 4.97. The van der Waals surface area contributed by atoms with Gasteiger partial charge >= 0.3 is 0 Å². The summed E-state index contributed by atoms with van der Waals surface area (Å²) in [6, 6.07) is 33.7. The van der Waals surface area contributed by atoms with Crippen molar-refractivity contribution >= 4 is 32.7 Å². The first-order valence-corrected chi connectivity index (χ1v) is 15.2. The van der Waals surface area contributed by atoms with E-state index in [-0.39, 0.29) is 0 Å². The van der Waals surface area contributed by atoms with Crippen LogP contribution in [0.15, 0.2) is 122 Å². The average Bonchev–Trinajstić information content (AvgIpc) is 3.62. The molecule has 0 saturated heterocycles. The summed E-state index contributed by atoms with van der Waals surface area (Å²) in [7, 11) is 0. The van der Waals surface area contributed by atoms with Crippen LogP contribution in [0.3, 0.4) is 0 Å². The highest BCUT2D eigenvalue weighted by Crippen LogP contribution is 2.42. The smallest absolute Gasteiger partial charge is 0.234 e. The van der Waals surface area contributed by atoms with Crippen LogP contribution >= 0.6 is 0 Å². The highest BCUT2D eigenvalue weighted by molar-refractivity contribution is 6.21. The zero-order valence-electron chi connectivity index (χ0n) is 24.1. The Bertz CT molecular complexity index is 2300. The molecule has 0 spiro atoms.